The molecule has 1 aliphatic heterocycles. The zero-order chi connectivity index (χ0) is 19.0. The second-order valence-electron chi connectivity index (χ2n) is 6.90. The fraction of sp³-hybridized carbons (Fsp3) is 0.421. The number of phenols is 1. The number of aromatic nitrogens is 3. The lowest BCUT2D eigenvalue weighted by Gasteiger charge is -2.31. The molecule has 0 unspecified atom stereocenters. The third-order valence-electron chi connectivity index (χ3n) is 4.94. The molecule has 1 atom stereocenters. The van der Waals surface area contributed by atoms with E-state index in [0.29, 0.717) is 39.7 Å². The molecular weight excluding hydrogens is 366 g/mol. The van der Waals surface area contributed by atoms with Gasteiger partial charge in [-0.3, -0.25) is 0 Å². The third-order valence-corrected chi connectivity index (χ3v) is 5.16. The molecule has 0 bridgehead atoms. The van der Waals surface area contributed by atoms with Crippen molar-refractivity contribution >= 4 is 29.0 Å². The van der Waals surface area contributed by atoms with Gasteiger partial charge in [0, 0.05) is 23.2 Å². The van der Waals surface area contributed by atoms with Gasteiger partial charge in [-0.1, -0.05) is 18.5 Å². The summed E-state index contributed by atoms with van der Waals surface area (Å²) in [5.41, 5.74) is 2.72. The van der Waals surface area contributed by atoms with E-state index in [1.165, 1.54) is 6.07 Å². The molecule has 8 heteroatoms. The molecule has 3 aromatic rings. The number of aromatic hydroxyl groups is 1. The molecule has 1 aliphatic rings. The number of anilines is 1. The Balaban J connectivity index is 1.61. The molecule has 0 radical (unpaired) electrons. The molecule has 0 amide bonds. The lowest BCUT2D eigenvalue weighted by molar-refractivity contribution is 0.225. The Morgan fingerprint density at radius 3 is 3.00 bits per heavy atom. The second-order valence-corrected chi connectivity index (χ2v) is 7.33. The fourth-order valence-corrected chi connectivity index (χ4v) is 3.87. The fourth-order valence-electron chi connectivity index (χ4n) is 3.60. The topological polar surface area (TPSA) is 87.3 Å². The number of benzene rings is 1. The zero-order valence-corrected chi connectivity index (χ0v) is 16.1. The zero-order valence-electron chi connectivity index (χ0n) is 15.4. The van der Waals surface area contributed by atoms with Gasteiger partial charge in [-0.15, -0.1) is 0 Å². The van der Waals surface area contributed by atoms with Crippen LogP contribution in [0.5, 0.6) is 5.75 Å². The van der Waals surface area contributed by atoms with Gasteiger partial charge >= 0.3 is 0 Å². The van der Waals surface area contributed by atoms with Crippen LogP contribution < -0.4 is 5.32 Å². The number of oxazole rings is 1. The van der Waals surface area contributed by atoms with E-state index in [9.17, 15) is 5.11 Å². The van der Waals surface area contributed by atoms with Crippen LogP contribution in [0.4, 0.5) is 6.01 Å². The number of halogens is 1. The molecule has 2 N–H and O–H groups in total. The van der Waals surface area contributed by atoms with E-state index >= 15 is 0 Å². The van der Waals surface area contributed by atoms with Crippen LogP contribution in [-0.4, -0.2) is 50.6 Å². The van der Waals surface area contributed by atoms with E-state index in [1.54, 1.807) is 12.3 Å². The van der Waals surface area contributed by atoms with E-state index in [-0.39, 0.29) is 5.75 Å². The molecule has 0 aliphatic carbocycles. The van der Waals surface area contributed by atoms with E-state index in [0.717, 1.165) is 38.0 Å². The van der Waals surface area contributed by atoms with Crippen LogP contribution in [0.25, 0.3) is 22.6 Å². The average Bonchev–Trinajstić information content (AvgIpc) is 3.02. The summed E-state index contributed by atoms with van der Waals surface area (Å²) < 4.78 is 5.71. The Bertz CT molecular complexity index is 951. The number of likely N-dealkylation sites (tertiary alicyclic amines) is 1. The van der Waals surface area contributed by atoms with E-state index in [2.05, 4.69) is 32.1 Å². The molecule has 3 heterocycles. The van der Waals surface area contributed by atoms with E-state index in [1.807, 2.05) is 6.92 Å². The molecule has 7 nitrogen and oxygen atoms in total. The lowest BCUT2D eigenvalue weighted by Crippen LogP contribution is -2.41. The van der Waals surface area contributed by atoms with Crippen molar-refractivity contribution < 1.29 is 9.52 Å². The number of hydrogen-bond acceptors (Lipinski definition) is 7. The maximum absolute atomic E-state index is 10.3. The maximum Gasteiger partial charge on any atom is 0.298 e. The smallest absolute Gasteiger partial charge is 0.298 e. The lowest BCUT2D eigenvalue weighted by atomic mass is 10.0. The average molecular weight is 388 g/mol. The number of aryl methyl sites for hydroxylation is 1. The molecular formula is C19H22ClN5O2. The first-order valence-electron chi connectivity index (χ1n) is 9.15. The van der Waals surface area contributed by atoms with Crippen LogP contribution in [0.15, 0.2) is 22.7 Å². The first-order chi connectivity index (χ1) is 13.0. The Hall–Kier alpha value is -2.38. The van der Waals surface area contributed by atoms with E-state index in [4.69, 9.17) is 16.0 Å². The van der Waals surface area contributed by atoms with Crippen LogP contribution in [0.1, 0.15) is 25.3 Å². The normalized spacial score (nSPS) is 18.1. The number of piperidine rings is 1. The predicted octanol–water partition coefficient (Wildman–Crippen LogP) is 3.85. The van der Waals surface area contributed by atoms with Crippen molar-refractivity contribution in [2.24, 2.45) is 0 Å². The molecule has 1 fully saturated rings. The quantitative estimate of drug-likeness (QED) is 0.702. The van der Waals surface area contributed by atoms with Gasteiger partial charge in [0.1, 0.15) is 5.75 Å². The van der Waals surface area contributed by atoms with Crippen LogP contribution >= 0.6 is 11.6 Å². The molecule has 27 heavy (non-hydrogen) atoms. The first kappa shape index (κ1) is 18.0. The summed E-state index contributed by atoms with van der Waals surface area (Å²) in [6.45, 7) is 7.19. The minimum Gasteiger partial charge on any atom is -0.507 e. The Labute approximate surface area is 162 Å². The van der Waals surface area contributed by atoms with Crippen molar-refractivity contribution in [2.45, 2.75) is 32.7 Å². The van der Waals surface area contributed by atoms with Gasteiger partial charge in [-0.2, -0.15) is 4.98 Å². The number of fused-ring (bicyclic) bond motifs is 1. The molecule has 4 rings (SSSR count). The summed E-state index contributed by atoms with van der Waals surface area (Å²) in [7, 11) is 0. The number of rotatable bonds is 4. The summed E-state index contributed by atoms with van der Waals surface area (Å²) >= 11 is 5.99. The highest BCUT2D eigenvalue weighted by Crippen LogP contribution is 2.34. The summed E-state index contributed by atoms with van der Waals surface area (Å²) in [6.07, 6.45) is 3.81. The molecule has 142 valence electrons. The second kappa shape index (κ2) is 7.32. The van der Waals surface area contributed by atoms with Crippen molar-refractivity contribution in [1.29, 1.82) is 0 Å². The van der Waals surface area contributed by atoms with Crippen molar-refractivity contribution in [3.05, 3.63) is 28.9 Å². The van der Waals surface area contributed by atoms with Gasteiger partial charge in [0.2, 0.25) is 5.65 Å². The summed E-state index contributed by atoms with van der Waals surface area (Å²) in [4.78, 5) is 15.7. The van der Waals surface area contributed by atoms with Gasteiger partial charge in [0.15, 0.2) is 0 Å². The van der Waals surface area contributed by atoms with Crippen LogP contribution in [-0.2, 0) is 0 Å². The Morgan fingerprint density at radius 2 is 2.22 bits per heavy atom. The van der Waals surface area contributed by atoms with Crippen molar-refractivity contribution in [3.63, 3.8) is 0 Å². The number of nitrogens with one attached hydrogen (secondary N) is 1. The largest absolute Gasteiger partial charge is 0.507 e. The highest BCUT2D eigenvalue weighted by Gasteiger charge is 2.21. The van der Waals surface area contributed by atoms with Crippen LogP contribution in [0.3, 0.4) is 0 Å². The standard InChI is InChI=1S/C19H22ClN5O2/c1-3-25-6-4-5-13(10-25)22-19-24-17-18(27-19)21-9-14(23-17)16-11(2)7-12(20)8-15(16)26/h7-9,13,26H,3-6,10H2,1-2H3,(H,22,23,24)/t13-/m1/s1. The van der Waals surface area contributed by atoms with Crippen molar-refractivity contribution in [1.82, 2.24) is 19.9 Å². The minimum absolute atomic E-state index is 0.0670. The van der Waals surface area contributed by atoms with Gasteiger partial charge < -0.3 is 19.7 Å². The van der Waals surface area contributed by atoms with Gasteiger partial charge in [0.05, 0.1) is 11.9 Å². The number of hydrogen-bond donors (Lipinski definition) is 2. The molecule has 1 aromatic carbocycles. The minimum atomic E-state index is 0.0670. The molecule has 0 spiro atoms. The van der Waals surface area contributed by atoms with Crippen molar-refractivity contribution in [3.8, 4) is 17.0 Å². The SMILES string of the molecule is CCN1CCC[C@@H](Nc2nc3nc(-c4c(C)cc(Cl)cc4O)cnc3o2)C1. The molecule has 1 saturated heterocycles. The Morgan fingerprint density at radius 1 is 1.37 bits per heavy atom. The number of likely N-dealkylation sites (N-methyl/N-ethyl adjacent to an activating group) is 1. The van der Waals surface area contributed by atoms with Crippen molar-refractivity contribution in [2.75, 3.05) is 25.0 Å². The highest BCUT2D eigenvalue weighted by molar-refractivity contribution is 6.31. The maximum atomic E-state index is 10.3. The number of phenolic OH excluding ortho intramolecular Hbond substituents is 1. The summed E-state index contributed by atoms with van der Waals surface area (Å²) in [6, 6.07) is 4.01. The van der Waals surface area contributed by atoms with E-state index < -0.39 is 0 Å². The first-order valence-corrected chi connectivity index (χ1v) is 9.53. The summed E-state index contributed by atoms with van der Waals surface area (Å²) in [5, 5.41) is 14.1. The van der Waals surface area contributed by atoms with Crippen LogP contribution in [0, 0.1) is 6.92 Å². The number of nitrogens with zero attached hydrogens (tertiary/aromatic N) is 4. The molecule has 2 aromatic heterocycles. The van der Waals surface area contributed by atoms with Gasteiger partial charge in [-0.05, 0) is 50.6 Å². The monoisotopic (exact) mass is 387 g/mol. The summed E-state index contributed by atoms with van der Waals surface area (Å²) in [5.74, 6) is 0.0670. The molecule has 0 saturated carbocycles. The van der Waals surface area contributed by atoms with Gasteiger partial charge in [-0.25, -0.2) is 9.97 Å². The van der Waals surface area contributed by atoms with Gasteiger partial charge in [0.25, 0.3) is 11.7 Å². The predicted molar refractivity (Wildman–Crippen MR) is 105 cm³/mol. The highest BCUT2D eigenvalue weighted by atomic mass is 35.5. The van der Waals surface area contributed by atoms with Crippen LogP contribution in [0.2, 0.25) is 5.02 Å². The Kier molecular flexibility index (Phi) is 4.88. The third kappa shape index (κ3) is 3.70.